The van der Waals surface area contributed by atoms with Crippen molar-refractivity contribution >= 4 is 18.0 Å². The average Bonchev–Trinajstić information content (AvgIpc) is 2.71. The summed E-state index contributed by atoms with van der Waals surface area (Å²) in [6, 6.07) is 6.54. The van der Waals surface area contributed by atoms with Gasteiger partial charge >= 0.3 is 0 Å². The predicted octanol–water partition coefficient (Wildman–Crippen LogP) is 6.99. The molecule has 0 fully saturated rings. The summed E-state index contributed by atoms with van der Waals surface area (Å²) in [5, 5.41) is 0. The summed E-state index contributed by atoms with van der Waals surface area (Å²) in [5.41, 5.74) is 4.83. The first-order valence-corrected chi connectivity index (χ1v) is 11.4. The van der Waals surface area contributed by atoms with E-state index in [4.69, 9.17) is 4.74 Å². The van der Waals surface area contributed by atoms with Gasteiger partial charge in [0.15, 0.2) is 0 Å². The molecule has 1 aromatic carbocycles. The Morgan fingerprint density at radius 1 is 1.07 bits per heavy atom. The summed E-state index contributed by atoms with van der Waals surface area (Å²) >= 11 is 0. The maximum absolute atomic E-state index is 10.9. The van der Waals surface area contributed by atoms with Crippen molar-refractivity contribution < 1.29 is 9.53 Å². The Kier molecular flexibility index (Phi) is 9.42. The second-order valence-electron chi connectivity index (χ2n) is 9.07. The lowest BCUT2D eigenvalue weighted by Crippen LogP contribution is -2.25. The third-order valence-electron chi connectivity index (χ3n) is 5.64. The largest absolute Gasteiger partial charge is 0.496 e. The zero-order valence-electron chi connectivity index (χ0n) is 19.5. The summed E-state index contributed by atoms with van der Waals surface area (Å²) in [7, 11) is 1.74. The minimum atomic E-state index is 0.163. The highest BCUT2D eigenvalue weighted by molar-refractivity contribution is 5.69. The number of hydrogen-bond acceptors (Lipinski definition) is 3. The Hall–Kier alpha value is -2.29. The number of unbranched alkanes of at least 4 members (excludes halogenated alkanes) is 2. The van der Waals surface area contributed by atoms with E-state index in [2.05, 4.69) is 69.0 Å². The highest BCUT2D eigenvalue weighted by atomic mass is 16.5. The van der Waals surface area contributed by atoms with Crippen molar-refractivity contribution in [1.29, 1.82) is 0 Å². The van der Waals surface area contributed by atoms with Crippen LogP contribution in [0, 0.1) is 5.41 Å². The van der Waals surface area contributed by atoms with Crippen molar-refractivity contribution in [2.24, 2.45) is 5.41 Å². The Bertz CT molecular complexity index is 778. The number of anilines is 1. The van der Waals surface area contributed by atoms with Gasteiger partial charge in [-0.05, 0) is 60.5 Å². The fourth-order valence-electron chi connectivity index (χ4n) is 4.11. The van der Waals surface area contributed by atoms with E-state index in [-0.39, 0.29) is 5.41 Å². The summed E-state index contributed by atoms with van der Waals surface area (Å²) in [4.78, 5) is 13.4. The molecule has 0 unspecified atom stereocenters. The molecule has 0 radical (unpaired) electrons. The van der Waals surface area contributed by atoms with Crippen molar-refractivity contribution in [3.63, 3.8) is 0 Å². The number of rotatable bonds is 11. The Morgan fingerprint density at radius 2 is 1.77 bits per heavy atom. The van der Waals surface area contributed by atoms with E-state index in [9.17, 15) is 4.79 Å². The molecule has 3 heteroatoms. The lowest BCUT2D eigenvalue weighted by atomic mass is 9.75. The number of methoxy groups -OCH3 is 1. The van der Waals surface area contributed by atoms with Crippen LogP contribution in [0.4, 0.5) is 5.69 Å². The number of carbonyl (C=O) groups is 1. The topological polar surface area (TPSA) is 29.5 Å². The molecule has 3 nitrogen and oxygen atoms in total. The quantitative estimate of drug-likeness (QED) is 0.291. The molecule has 30 heavy (non-hydrogen) atoms. The molecule has 0 aliphatic heterocycles. The molecule has 0 aromatic heterocycles. The monoisotopic (exact) mass is 409 g/mol. The first kappa shape index (κ1) is 24.0. The molecule has 0 heterocycles. The summed E-state index contributed by atoms with van der Waals surface area (Å²) in [5.74, 6) is 0.904. The van der Waals surface area contributed by atoms with E-state index in [1.54, 1.807) is 13.2 Å². The molecule has 164 valence electrons. The number of allylic oxidation sites excluding steroid dienone is 5. The number of benzene rings is 1. The SMILES string of the molecule is CCCCN(CCCC)c1ccc(/C=C/C2=CC(=C/C=O)/CC(C)(C)C2)c(OC)c1. The number of hydrogen-bond donors (Lipinski definition) is 0. The van der Waals surface area contributed by atoms with Gasteiger partial charge in [-0.2, -0.15) is 0 Å². The van der Waals surface area contributed by atoms with Crippen molar-refractivity contribution in [3.05, 3.63) is 53.1 Å². The molecule has 0 spiro atoms. The van der Waals surface area contributed by atoms with Crippen LogP contribution in [0.15, 0.2) is 47.6 Å². The van der Waals surface area contributed by atoms with Gasteiger partial charge in [0, 0.05) is 30.4 Å². The summed E-state index contributed by atoms with van der Waals surface area (Å²) < 4.78 is 5.73. The van der Waals surface area contributed by atoms with E-state index >= 15 is 0 Å². The van der Waals surface area contributed by atoms with Crippen LogP contribution in [0.5, 0.6) is 5.75 Å². The van der Waals surface area contributed by atoms with Gasteiger partial charge in [0.25, 0.3) is 0 Å². The fraction of sp³-hybridized carbons (Fsp3) is 0.519. The van der Waals surface area contributed by atoms with Crippen molar-refractivity contribution in [1.82, 2.24) is 0 Å². The zero-order valence-corrected chi connectivity index (χ0v) is 19.5. The molecule has 2 rings (SSSR count). The van der Waals surface area contributed by atoms with Crippen LogP contribution in [0.1, 0.15) is 71.8 Å². The van der Waals surface area contributed by atoms with Crippen LogP contribution in [0.25, 0.3) is 6.08 Å². The number of carbonyl (C=O) groups excluding carboxylic acids is 1. The highest BCUT2D eigenvalue weighted by Gasteiger charge is 2.24. The molecule has 0 saturated heterocycles. The van der Waals surface area contributed by atoms with Crippen molar-refractivity contribution in [2.45, 2.75) is 66.2 Å². The van der Waals surface area contributed by atoms with Crippen LogP contribution < -0.4 is 9.64 Å². The third kappa shape index (κ3) is 7.19. The van der Waals surface area contributed by atoms with E-state index < -0.39 is 0 Å². The number of ether oxygens (including phenoxy) is 1. The minimum absolute atomic E-state index is 0.163. The van der Waals surface area contributed by atoms with E-state index in [0.717, 1.165) is 49.1 Å². The van der Waals surface area contributed by atoms with Gasteiger partial charge < -0.3 is 9.64 Å². The molecule has 0 saturated carbocycles. The molecule has 0 N–H and O–H groups in total. The van der Waals surface area contributed by atoms with Gasteiger partial charge in [-0.25, -0.2) is 0 Å². The van der Waals surface area contributed by atoms with Gasteiger partial charge in [-0.3, -0.25) is 4.79 Å². The van der Waals surface area contributed by atoms with Gasteiger partial charge in [-0.1, -0.05) is 58.8 Å². The Balaban J connectivity index is 2.25. The predicted molar refractivity (Wildman–Crippen MR) is 129 cm³/mol. The highest BCUT2D eigenvalue weighted by Crippen LogP contribution is 2.38. The Morgan fingerprint density at radius 3 is 2.37 bits per heavy atom. The molecule has 0 atom stereocenters. The second kappa shape index (κ2) is 11.8. The molecule has 0 bridgehead atoms. The van der Waals surface area contributed by atoms with Gasteiger partial charge in [-0.15, -0.1) is 0 Å². The lowest BCUT2D eigenvalue weighted by Gasteiger charge is -2.30. The first-order valence-electron chi connectivity index (χ1n) is 11.4. The third-order valence-corrected chi connectivity index (χ3v) is 5.64. The van der Waals surface area contributed by atoms with Crippen molar-refractivity contribution in [3.8, 4) is 5.75 Å². The standard InChI is InChI=1S/C27H39NO2/c1-6-8-15-28(16-9-7-2)25-13-12-24(26(19-25)30-5)11-10-22-18-23(14-17-29)21-27(3,4)20-22/h10-14,17-19H,6-9,15-16,20-21H2,1-5H3/b11-10+,23-14-. The molecular weight excluding hydrogens is 370 g/mol. The molecular formula is C27H39NO2. The lowest BCUT2D eigenvalue weighted by molar-refractivity contribution is -0.104. The number of nitrogens with zero attached hydrogens (tertiary/aromatic N) is 1. The number of aldehydes is 1. The van der Waals surface area contributed by atoms with Crippen molar-refractivity contribution in [2.75, 3.05) is 25.1 Å². The molecule has 0 amide bonds. The second-order valence-corrected chi connectivity index (χ2v) is 9.07. The zero-order chi connectivity index (χ0) is 22.0. The van der Waals surface area contributed by atoms with Crippen LogP contribution in [0.3, 0.4) is 0 Å². The van der Waals surface area contributed by atoms with Gasteiger partial charge in [0.2, 0.25) is 0 Å². The normalized spacial score (nSPS) is 17.2. The van der Waals surface area contributed by atoms with Crippen LogP contribution in [-0.2, 0) is 4.79 Å². The molecule has 1 aromatic rings. The van der Waals surface area contributed by atoms with Gasteiger partial charge in [0.05, 0.1) is 7.11 Å². The summed E-state index contributed by atoms with van der Waals surface area (Å²) in [6.45, 7) is 11.2. The Labute approximate surface area is 183 Å². The van der Waals surface area contributed by atoms with Crippen LogP contribution >= 0.6 is 0 Å². The maximum Gasteiger partial charge on any atom is 0.143 e. The van der Waals surface area contributed by atoms with E-state index in [1.165, 1.54) is 36.9 Å². The smallest absolute Gasteiger partial charge is 0.143 e. The summed E-state index contributed by atoms with van der Waals surface area (Å²) in [6.07, 6.45) is 15.8. The minimum Gasteiger partial charge on any atom is -0.496 e. The fourth-order valence-corrected chi connectivity index (χ4v) is 4.11. The molecule has 1 aliphatic rings. The van der Waals surface area contributed by atoms with Crippen LogP contribution in [0.2, 0.25) is 0 Å². The van der Waals surface area contributed by atoms with Gasteiger partial charge in [0.1, 0.15) is 12.0 Å². The van der Waals surface area contributed by atoms with E-state index in [1.807, 2.05) is 0 Å². The average molecular weight is 410 g/mol. The first-order chi connectivity index (χ1) is 14.4. The van der Waals surface area contributed by atoms with E-state index in [0.29, 0.717) is 0 Å². The maximum atomic E-state index is 10.9. The molecule has 1 aliphatic carbocycles. The van der Waals surface area contributed by atoms with Crippen LogP contribution in [-0.4, -0.2) is 26.5 Å².